The summed E-state index contributed by atoms with van der Waals surface area (Å²) in [5.74, 6) is -0.130. The van der Waals surface area contributed by atoms with Crippen molar-refractivity contribution in [3.05, 3.63) is 30.1 Å². The number of nitrogens with zero attached hydrogens (tertiary/aromatic N) is 1. The third kappa shape index (κ3) is 2.63. The molecule has 104 valence electrons. The molecule has 0 bridgehead atoms. The zero-order valence-electron chi connectivity index (χ0n) is 11.6. The van der Waals surface area contributed by atoms with Crippen LogP contribution < -0.4 is 10.2 Å². The van der Waals surface area contributed by atoms with Gasteiger partial charge in [0.05, 0.1) is 5.41 Å². The number of carbonyl (C=O) groups is 1. The third-order valence-electron chi connectivity index (χ3n) is 4.07. The predicted octanol–water partition coefficient (Wildman–Crippen LogP) is 2.57. The molecule has 3 nitrogen and oxygen atoms in total. The summed E-state index contributed by atoms with van der Waals surface area (Å²) < 4.78 is 13.0. The van der Waals surface area contributed by atoms with Crippen LogP contribution in [0.2, 0.25) is 0 Å². The predicted molar refractivity (Wildman–Crippen MR) is 74.6 cm³/mol. The second kappa shape index (κ2) is 5.70. The van der Waals surface area contributed by atoms with Crippen molar-refractivity contribution >= 4 is 11.6 Å². The Bertz CT molecular complexity index is 438. The van der Waals surface area contributed by atoms with Gasteiger partial charge in [0.1, 0.15) is 5.82 Å². The molecule has 1 aliphatic heterocycles. The molecule has 1 atom stereocenters. The van der Waals surface area contributed by atoms with Crippen LogP contribution in [0.25, 0.3) is 0 Å². The highest BCUT2D eigenvalue weighted by Crippen LogP contribution is 2.33. The topological polar surface area (TPSA) is 32.3 Å². The molecule has 2 rings (SSSR count). The van der Waals surface area contributed by atoms with Gasteiger partial charge in [0.2, 0.25) is 5.91 Å². The Balaban J connectivity index is 2.26. The Morgan fingerprint density at radius 2 is 2.05 bits per heavy atom. The van der Waals surface area contributed by atoms with Crippen molar-refractivity contribution in [1.82, 2.24) is 5.32 Å². The summed E-state index contributed by atoms with van der Waals surface area (Å²) in [5, 5.41) is 3.28. The van der Waals surface area contributed by atoms with E-state index >= 15 is 0 Å². The number of halogens is 1. The van der Waals surface area contributed by atoms with Crippen molar-refractivity contribution < 1.29 is 9.18 Å². The lowest BCUT2D eigenvalue weighted by Crippen LogP contribution is -2.45. The van der Waals surface area contributed by atoms with E-state index in [1.54, 1.807) is 17.0 Å². The maximum absolute atomic E-state index is 13.0. The van der Waals surface area contributed by atoms with E-state index in [1.165, 1.54) is 12.1 Å². The number of hydrogen-bond donors (Lipinski definition) is 1. The first-order chi connectivity index (χ1) is 9.13. The fourth-order valence-electron chi connectivity index (χ4n) is 2.73. The number of hydrogen-bond acceptors (Lipinski definition) is 2. The molecule has 4 heteroatoms. The average Bonchev–Trinajstić information content (AvgIpc) is 2.91. The maximum atomic E-state index is 13.0. The second-order valence-electron chi connectivity index (χ2n) is 5.09. The molecule has 0 aliphatic carbocycles. The molecule has 1 unspecified atom stereocenters. The Morgan fingerprint density at radius 1 is 1.37 bits per heavy atom. The summed E-state index contributed by atoms with van der Waals surface area (Å²) in [6.45, 7) is 6.24. The number of anilines is 1. The van der Waals surface area contributed by atoms with Crippen LogP contribution >= 0.6 is 0 Å². The van der Waals surface area contributed by atoms with E-state index in [0.29, 0.717) is 6.54 Å². The van der Waals surface area contributed by atoms with Crippen molar-refractivity contribution in [2.75, 3.05) is 24.5 Å². The molecule has 1 aliphatic rings. The average molecular weight is 264 g/mol. The minimum Gasteiger partial charge on any atom is -0.316 e. The minimum absolute atomic E-state index is 0.147. The van der Waals surface area contributed by atoms with Crippen LogP contribution in [0.5, 0.6) is 0 Å². The molecule has 1 heterocycles. The molecule has 0 saturated carbocycles. The highest BCUT2D eigenvalue weighted by Gasteiger charge is 2.42. The van der Waals surface area contributed by atoms with Gasteiger partial charge in [-0.3, -0.25) is 4.79 Å². The summed E-state index contributed by atoms with van der Waals surface area (Å²) in [6.07, 6.45) is 1.70. The van der Waals surface area contributed by atoms with Gasteiger partial charge >= 0.3 is 0 Å². The van der Waals surface area contributed by atoms with Crippen molar-refractivity contribution in [3.63, 3.8) is 0 Å². The first-order valence-corrected chi connectivity index (χ1v) is 6.91. The quantitative estimate of drug-likeness (QED) is 0.906. The van der Waals surface area contributed by atoms with Crippen LogP contribution in [-0.2, 0) is 4.79 Å². The third-order valence-corrected chi connectivity index (χ3v) is 4.07. The zero-order valence-corrected chi connectivity index (χ0v) is 11.6. The summed E-state index contributed by atoms with van der Waals surface area (Å²) in [4.78, 5) is 14.6. The lowest BCUT2D eigenvalue weighted by molar-refractivity contribution is -0.127. The highest BCUT2D eigenvalue weighted by molar-refractivity contribution is 5.98. The Kier molecular flexibility index (Phi) is 4.20. The number of amides is 1. The van der Waals surface area contributed by atoms with Crippen molar-refractivity contribution in [2.24, 2.45) is 5.41 Å². The Hall–Kier alpha value is -1.42. The summed E-state index contributed by atoms with van der Waals surface area (Å²) in [6, 6.07) is 6.14. The first-order valence-electron chi connectivity index (χ1n) is 6.91. The summed E-state index contributed by atoms with van der Waals surface area (Å²) in [7, 11) is 0. The van der Waals surface area contributed by atoms with E-state index in [-0.39, 0.29) is 17.1 Å². The fourth-order valence-corrected chi connectivity index (χ4v) is 2.73. The standard InChI is InChI=1S/C15H21FN2O/c1-3-15(9-10-17-11-15)14(19)18(4-2)13-7-5-12(16)6-8-13/h5-8,17H,3-4,9-11H2,1-2H3. The molecule has 1 aromatic carbocycles. The molecular formula is C15H21FN2O. The van der Waals surface area contributed by atoms with E-state index in [9.17, 15) is 9.18 Å². The maximum Gasteiger partial charge on any atom is 0.234 e. The van der Waals surface area contributed by atoms with E-state index in [1.807, 2.05) is 6.92 Å². The molecule has 1 amide bonds. The number of nitrogens with one attached hydrogen (secondary N) is 1. The monoisotopic (exact) mass is 264 g/mol. The van der Waals surface area contributed by atoms with Gasteiger partial charge in [0.25, 0.3) is 0 Å². The van der Waals surface area contributed by atoms with Crippen molar-refractivity contribution in [1.29, 1.82) is 0 Å². The lowest BCUT2D eigenvalue weighted by atomic mass is 9.82. The normalized spacial score (nSPS) is 22.5. The molecular weight excluding hydrogens is 243 g/mol. The zero-order chi connectivity index (χ0) is 13.9. The summed E-state index contributed by atoms with van der Waals surface area (Å²) in [5.41, 5.74) is 0.471. The lowest BCUT2D eigenvalue weighted by Gasteiger charge is -2.32. The van der Waals surface area contributed by atoms with E-state index in [4.69, 9.17) is 0 Å². The van der Waals surface area contributed by atoms with E-state index in [0.717, 1.165) is 31.6 Å². The molecule has 0 aromatic heterocycles. The Labute approximate surface area is 113 Å². The second-order valence-corrected chi connectivity index (χ2v) is 5.09. The van der Waals surface area contributed by atoms with E-state index < -0.39 is 0 Å². The SMILES string of the molecule is CCN(C(=O)C1(CC)CCNC1)c1ccc(F)cc1. The fraction of sp³-hybridized carbons (Fsp3) is 0.533. The van der Waals surface area contributed by atoms with Gasteiger partial charge in [-0.2, -0.15) is 0 Å². The molecule has 1 aromatic rings. The Morgan fingerprint density at radius 3 is 2.53 bits per heavy atom. The molecule has 1 saturated heterocycles. The molecule has 0 radical (unpaired) electrons. The van der Waals surface area contributed by atoms with Crippen LogP contribution in [0.15, 0.2) is 24.3 Å². The van der Waals surface area contributed by atoms with Crippen LogP contribution in [-0.4, -0.2) is 25.5 Å². The largest absolute Gasteiger partial charge is 0.316 e. The van der Waals surface area contributed by atoms with Gasteiger partial charge in [-0.05, 0) is 50.6 Å². The molecule has 1 N–H and O–H groups in total. The van der Waals surface area contributed by atoms with Crippen molar-refractivity contribution in [2.45, 2.75) is 26.7 Å². The van der Waals surface area contributed by atoms with Crippen LogP contribution in [0.1, 0.15) is 26.7 Å². The molecule has 19 heavy (non-hydrogen) atoms. The van der Waals surface area contributed by atoms with Gasteiger partial charge < -0.3 is 10.2 Å². The van der Waals surface area contributed by atoms with Crippen LogP contribution in [0.3, 0.4) is 0 Å². The van der Waals surface area contributed by atoms with Crippen molar-refractivity contribution in [3.8, 4) is 0 Å². The minimum atomic E-state index is -0.301. The smallest absolute Gasteiger partial charge is 0.234 e. The highest BCUT2D eigenvalue weighted by atomic mass is 19.1. The number of benzene rings is 1. The van der Waals surface area contributed by atoms with Gasteiger partial charge in [0, 0.05) is 18.8 Å². The van der Waals surface area contributed by atoms with E-state index in [2.05, 4.69) is 12.2 Å². The summed E-state index contributed by atoms with van der Waals surface area (Å²) >= 11 is 0. The van der Waals surface area contributed by atoms with Crippen LogP contribution in [0, 0.1) is 11.2 Å². The van der Waals surface area contributed by atoms with Crippen LogP contribution in [0.4, 0.5) is 10.1 Å². The first kappa shape index (κ1) is 14.0. The van der Waals surface area contributed by atoms with Gasteiger partial charge in [-0.1, -0.05) is 6.92 Å². The van der Waals surface area contributed by atoms with Gasteiger partial charge in [-0.15, -0.1) is 0 Å². The number of rotatable bonds is 4. The molecule has 0 spiro atoms. The molecule has 1 fully saturated rings. The van der Waals surface area contributed by atoms with Gasteiger partial charge in [-0.25, -0.2) is 4.39 Å². The number of carbonyl (C=O) groups excluding carboxylic acids is 1. The van der Waals surface area contributed by atoms with Gasteiger partial charge in [0.15, 0.2) is 0 Å².